The number of piperidine rings is 1. The molecule has 1 aliphatic carbocycles. The molecule has 1 aliphatic heterocycles. The van der Waals surface area contributed by atoms with E-state index in [0.717, 1.165) is 57.0 Å². The first-order valence-corrected chi connectivity index (χ1v) is 9.86. The van der Waals surface area contributed by atoms with E-state index in [9.17, 15) is 9.50 Å². The first kappa shape index (κ1) is 18.2. The second kappa shape index (κ2) is 7.80. The highest BCUT2D eigenvalue weighted by molar-refractivity contribution is 5.49. The lowest BCUT2D eigenvalue weighted by molar-refractivity contribution is 0.208. The van der Waals surface area contributed by atoms with Gasteiger partial charge in [0.2, 0.25) is 0 Å². The van der Waals surface area contributed by atoms with Crippen molar-refractivity contribution in [3.05, 3.63) is 48.0 Å². The van der Waals surface area contributed by atoms with E-state index in [-0.39, 0.29) is 17.8 Å². The lowest BCUT2D eigenvalue weighted by atomic mass is 9.64. The van der Waals surface area contributed by atoms with Gasteiger partial charge in [-0.2, -0.15) is 0 Å². The number of rotatable bonds is 6. The molecule has 2 heterocycles. The fourth-order valence-corrected chi connectivity index (χ4v) is 4.27. The first-order chi connectivity index (χ1) is 13.2. The molecule has 2 N–H and O–H groups in total. The Morgan fingerprint density at radius 1 is 1.19 bits per heavy atom. The van der Waals surface area contributed by atoms with Crippen LogP contribution in [0.15, 0.2) is 36.7 Å². The predicted octanol–water partition coefficient (Wildman–Crippen LogP) is 3.36. The highest BCUT2D eigenvalue weighted by atomic mass is 19.1. The van der Waals surface area contributed by atoms with Gasteiger partial charge in [-0.3, -0.25) is 0 Å². The van der Waals surface area contributed by atoms with Crippen LogP contribution >= 0.6 is 0 Å². The quantitative estimate of drug-likeness (QED) is 0.816. The lowest BCUT2D eigenvalue weighted by Gasteiger charge is -2.42. The van der Waals surface area contributed by atoms with Gasteiger partial charge in [0.15, 0.2) is 0 Å². The average Bonchev–Trinajstić information content (AvgIpc) is 2.69. The molecule has 1 aromatic carbocycles. The molecule has 1 saturated heterocycles. The van der Waals surface area contributed by atoms with Gasteiger partial charge in [-0.15, -0.1) is 0 Å². The number of anilines is 2. The standard InChI is InChI=1S/C21H27FN4O/c22-18-6-4-17(5-7-18)21(8-2-9-21)14-23-19-11-20(25-15-24-19)26-10-1-3-16(12-26)13-27/h4-7,11,15-16,27H,1-3,8-10,12-14H2,(H,23,24,25). The molecule has 4 rings (SSSR count). The molecule has 2 fully saturated rings. The molecule has 1 atom stereocenters. The summed E-state index contributed by atoms with van der Waals surface area (Å²) in [6.45, 7) is 2.82. The zero-order chi connectivity index (χ0) is 18.7. The highest BCUT2D eigenvalue weighted by Crippen LogP contribution is 2.43. The summed E-state index contributed by atoms with van der Waals surface area (Å²) in [6.07, 6.45) is 7.16. The molecule has 2 aliphatic rings. The summed E-state index contributed by atoms with van der Waals surface area (Å²) in [7, 11) is 0. The maximum Gasteiger partial charge on any atom is 0.134 e. The van der Waals surface area contributed by atoms with E-state index in [2.05, 4.69) is 20.2 Å². The van der Waals surface area contributed by atoms with Crippen molar-refractivity contribution in [3.63, 3.8) is 0 Å². The molecule has 6 heteroatoms. The maximum absolute atomic E-state index is 13.3. The minimum atomic E-state index is -0.190. The normalized spacial score (nSPS) is 21.6. The number of hydrogen-bond donors (Lipinski definition) is 2. The Morgan fingerprint density at radius 2 is 2.00 bits per heavy atom. The van der Waals surface area contributed by atoms with E-state index in [1.807, 2.05) is 18.2 Å². The number of nitrogens with zero attached hydrogens (tertiary/aromatic N) is 3. The zero-order valence-corrected chi connectivity index (χ0v) is 15.6. The minimum absolute atomic E-state index is 0.0614. The average molecular weight is 370 g/mol. The van der Waals surface area contributed by atoms with Crippen LogP contribution < -0.4 is 10.2 Å². The van der Waals surface area contributed by atoms with E-state index >= 15 is 0 Å². The van der Waals surface area contributed by atoms with Gasteiger partial charge < -0.3 is 15.3 Å². The van der Waals surface area contributed by atoms with Crippen molar-refractivity contribution in [1.29, 1.82) is 0 Å². The number of aromatic nitrogens is 2. The molecule has 144 valence electrons. The Morgan fingerprint density at radius 3 is 2.70 bits per heavy atom. The van der Waals surface area contributed by atoms with Gasteiger partial charge in [0.05, 0.1) is 0 Å². The Balaban J connectivity index is 1.44. The van der Waals surface area contributed by atoms with Crippen LogP contribution in [0.3, 0.4) is 0 Å². The molecule has 1 unspecified atom stereocenters. The minimum Gasteiger partial charge on any atom is -0.396 e. The Bertz CT molecular complexity index is 763. The summed E-state index contributed by atoms with van der Waals surface area (Å²) in [5.41, 5.74) is 1.25. The third kappa shape index (κ3) is 3.90. The topological polar surface area (TPSA) is 61.3 Å². The fourth-order valence-electron chi connectivity index (χ4n) is 4.27. The number of halogens is 1. The van der Waals surface area contributed by atoms with Gasteiger partial charge >= 0.3 is 0 Å². The monoisotopic (exact) mass is 370 g/mol. The molecular formula is C21H27FN4O. The number of nitrogens with one attached hydrogen (secondary N) is 1. The van der Waals surface area contributed by atoms with Crippen molar-refractivity contribution in [2.24, 2.45) is 5.92 Å². The Kier molecular flexibility index (Phi) is 5.25. The lowest BCUT2D eigenvalue weighted by Crippen LogP contribution is -2.41. The number of aliphatic hydroxyl groups excluding tert-OH is 1. The molecule has 2 aromatic rings. The van der Waals surface area contributed by atoms with Gasteiger partial charge in [0, 0.05) is 37.7 Å². The number of hydrogen-bond acceptors (Lipinski definition) is 5. The van der Waals surface area contributed by atoms with Crippen LogP contribution in [-0.4, -0.2) is 41.3 Å². The molecule has 27 heavy (non-hydrogen) atoms. The van der Waals surface area contributed by atoms with Crippen molar-refractivity contribution < 1.29 is 9.50 Å². The van der Waals surface area contributed by atoms with E-state index in [1.54, 1.807) is 18.5 Å². The second-order valence-electron chi connectivity index (χ2n) is 7.89. The maximum atomic E-state index is 13.3. The second-order valence-corrected chi connectivity index (χ2v) is 7.89. The zero-order valence-electron chi connectivity index (χ0n) is 15.6. The van der Waals surface area contributed by atoms with Crippen LogP contribution in [0.2, 0.25) is 0 Å². The van der Waals surface area contributed by atoms with Crippen LogP contribution in [0, 0.1) is 11.7 Å². The third-order valence-corrected chi connectivity index (χ3v) is 6.13. The molecule has 5 nitrogen and oxygen atoms in total. The van der Waals surface area contributed by atoms with Gasteiger partial charge in [-0.1, -0.05) is 18.6 Å². The SMILES string of the molecule is OCC1CCCN(c2cc(NCC3(c4ccc(F)cc4)CCC3)ncn2)C1. The van der Waals surface area contributed by atoms with Crippen LogP contribution in [0.4, 0.5) is 16.0 Å². The third-order valence-electron chi connectivity index (χ3n) is 6.13. The van der Waals surface area contributed by atoms with Gasteiger partial charge in [-0.25, -0.2) is 14.4 Å². The Labute approximate surface area is 159 Å². The fraction of sp³-hybridized carbons (Fsp3) is 0.524. The van der Waals surface area contributed by atoms with E-state index < -0.39 is 0 Å². The summed E-state index contributed by atoms with van der Waals surface area (Å²) >= 11 is 0. The van der Waals surface area contributed by atoms with Crippen molar-refractivity contribution in [3.8, 4) is 0 Å². The molecule has 0 bridgehead atoms. The summed E-state index contributed by atoms with van der Waals surface area (Å²) in [5.74, 6) is 1.86. The number of benzene rings is 1. The van der Waals surface area contributed by atoms with Crippen molar-refractivity contribution in [2.75, 3.05) is 36.5 Å². The number of aliphatic hydroxyl groups is 1. The van der Waals surface area contributed by atoms with E-state index in [0.29, 0.717) is 5.92 Å². The summed E-state index contributed by atoms with van der Waals surface area (Å²) in [5, 5.41) is 12.9. The summed E-state index contributed by atoms with van der Waals surface area (Å²) in [6, 6.07) is 8.91. The molecule has 1 saturated carbocycles. The van der Waals surface area contributed by atoms with Crippen molar-refractivity contribution in [1.82, 2.24) is 9.97 Å². The van der Waals surface area contributed by atoms with Gasteiger partial charge in [-0.05, 0) is 49.3 Å². The molecule has 1 aromatic heterocycles. The van der Waals surface area contributed by atoms with Crippen LogP contribution in [0.1, 0.15) is 37.7 Å². The Hall–Kier alpha value is -2.21. The highest BCUT2D eigenvalue weighted by Gasteiger charge is 2.38. The summed E-state index contributed by atoms with van der Waals surface area (Å²) in [4.78, 5) is 11.0. The van der Waals surface area contributed by atoms with Crippen LogP contribution in [-0.2, 0) is 5.41 Å². The van der Waals surface area contributed by atoms with Gasteiger partial charge in [0.25, 0.3) is 0 Å². The smallest absolute Gasteiger partial charge is 0.134 e. The molecule has 0 amide bonds. The summed E-state index contributed by atoms with van der Waals surface area (Å²) < 4.78 is 13.3. The largest absolute Gasteiger partial charge is 0.396 e. The molecule has 0 spiro atoms. The van der Waals surface area contributed by atoms with Crippen molar-refractivity contribution >= 4 is 11.6 Å². The predicted molar refractivity (Wildman–Crippen MR) is 104 cm³/mol. The van der Waals surface area contributed by atoms with Crippen molar-refractivity contribution in [2.45, 2.75) is 37.5 Å². The van der Waals surface area contributed by atoms with Crippen LogP contribution in [0.25, 0.3) is 0 Å². The van der Waals surface area contributed by atoms with Crippen LogP contribution in [0.5, 0.6) is 0 Å². The molecular weight excluding hydrogens is 343 g/mol. The van der Waals surface area contributed by atoms with Gasteiger partial charge in [0.1, 0.15) is 23.8 Å². The first-order valence-electron chi connectivity index (χ1n) is 9.86. The van der Waals surface area contributed by atoms with E-state index in [1.165, 1.54) is 12.0 Å². The van der Waals surface area contributed by atoms with E-state index in [4.69, 9.17) is 0 Å². The molecule has 0 radical (unpaired) electrons.